The van der Waals surface area contributed by atoms with Crippen LogP contribution in [0.4, 0.5) is 0 Å². The second-order valence-electron chi connectivity index (χ2n) is 8.09. The summed E-state index contributed by atoms with van der Waals surface area (Å²) in [5, 5.41) is 10.7. The van der Waals surface area contributed by atoms with Gasteiger partial charge in [0.15, 0.2) is 0 Å². The van der Waals surface area contributed by atoms with Gasteiger partial charge in [-0.1, -0.05) is 67.5 Å². The summed E-state index contributed by atoms with van der Waals surface area (Å²) in [4.78, 5) is 0. The van der Waals surface area contributed by atoms with Crippen LogP contribution in [-0.4, -0.2) is 5.11 Å². The third-order valence-corrected chi connectivity index (χ3v) is 3.45. The minimum atomic E-state index is -0.0420. The first-order valence-corrected chi connectivity index (χ1v) is 7.30. The van der Waals surface area contributed by atoms with Crippen molar-refractivity contribution in [1.29, 1.82) is 0 Å². The molecule has 0 aliphatic rings. The summed E-state index contributed by atoms with van der Waals surface area (Å²) in [6, 6.07) is 4.31. The first-order valence-electron chi connectivity index (χ1n) is 7.30. The molecule has 1 nitrogen and oxygen atoms in total. The Kier molecular flexibility index (Phi) is 4.39. The number of hydrogen-bond acceptors (Lipinski definition) is 1. The SMILES string of the molecule is CC(C)Cc1ccc(C(C)(C)C)c(C(C)(C)C)c1O. The molecule has 0 atom stereocenters. The summed E-state index contributed by atoms with van der Waals surface area (Å²) >= 11 is 0. The molecule has 0 spiro atoms. The van der Waals surface area contributed by atoms with E-state index in [-0.39, 0.29) is 10.8 Å². The van der Waals surface area contributed by atoms with Crippen LogP contribution in [0.2, 0.25) is 0 Å². The van der Waals surface area contributed by atoms with E-state index in [0.717, 1.165) is 17.5 Å². The Hall–Kier alpha value is -0.980. The predicted octanol–water partition coefficient (Wildman–Crippen LogP) is 5.19. The van der Waals surface area contributed by atoms with Gasteiger partial charge in [0.25, 0.3) is 0 Å². The molecule has 1 heteroatoms. The van der Waals surface area contributed by atoms with Gasteiger partial charge in [0.2, 0.25) is 0 Å². The molecule has 0 amide bonds. The van der Waals surface area contributed by atoms with Gasteiger partial charge in [-0.2, -0.15) is 0 Å². The monoisotopic (exact) mass is 262 g/mol. The quantitative estimate of drug-likeness (QED) is 0.778. The smallest absolute Gasteiger partial charge is 0.122 e. The zero-order chi connectivity index (χ0) is 15.0. The fourth-order valence-corrected chi connectivity index (χ4v) is 2.62. The largest absolute Gasteiger partial charge is 0.507 e. The third-order valence-electron chi connectivity index (χ3n) is 3.45. The van der Waals surface area contributed by atoms with Crippen molar-refractivity contribution in [2.24, 2.45) is 5.92 Å². The molecule has 0 unspecified atom stereocenters. The Labute approximate surface area is 119 Å². The Balaban J connectivity index is 3.51. The van der Waals surface area contributed by atoms with Crippen LogP contribution in [0.15, 0.2) is 12.1 Å². The number of hydrogen-bond donors (Lipinski definition) is 1. The van der Waals surface area contributed by atoms with Gasteiger partial charge >= 0.3 is 0 Å². The summed E-state index contributed by atoms with van der Waals surface area (Å²) in [7, 11) is 0. The maximum atomic E-state index is 10.7. The lowest BCUT2D eigenvalue weighted by atomic mass is 9.73. The van der Waals surface area contributed by atoms with Crippen LogP contribution in [-0.2, 0) is 17.3 Å². The standard InChI is InChI=1S/C18H30O/c1-12(2)11-13-9-10-14(17(3,4)5)15(16(13)19)18(6,7)8/h9-10,12,19H,11H2,1-8H3. The molecule has 0 bridgehead atoms. The molecule has 19 heavy (non-hydrogen) atoms. The van der Waals surface area contributed by atoms with Gasteiger partial charge in [-0.3, -0.25) is 0 Å². The molecule has 0 saturated heterocycles. The zero-order valence-electron chi connectivity index (χ0n) is 13.9. The second-order valence-corrected chi connectivity index (χ2v) is 8.09. The number of benzene rings is 1. The molecule has 1 aromatic carbocycles. The number of rotatable bonds is 2. The minimum Gasteiger partial charge on any atom is -0.507 e. The molecule has 0 radical (unpaired) electrons. The molecule has 0 heterocycles. The van der Waals surface area contributed by atoms with E-state index in [9.17, 15) is 5.11 Å². The molecule has 0 saturated carbocycles. The molecule has 0 aliphatic heterocycles. The Bertz CT molecular complexity index is 442. The van der Waals surface area contributed by atoms with Gasteiger partial charge in [0.05, 0.1) is 0 Å². The van der Waals surface area contributed by atoms with Gasteiger partial charge in [-0.05, 0) is 34.3 Å². The van der Waals surface area contributed by atoms with Gasteiger partial charge in [0.1, 0.15) is 5.75 Å². The molecule has 0 fully saturated rings. The number of phenols is 1. The van der Waals surface area contributed by atoms with Gasteiger partial charge < -0.3 is 5.11 Å². The molecule has 1 N–H and O–H groups in total. The lowest BCUT2D eigenvalue weighted by Crippen LogP contribution is -2.22. The summed E-state index contributed by atoms with van der Waals surface area (Å²) < 4.78 is 0. The van der Waals surface area contributed by atoms with Crippen molar-refractivity contribution in [2.45, 2.75) is 72.6 Å². The van der Waals surface area contributed by atoms with Crippen LogP contribution in [0.25, 0.3) is 0 Å². The van der Waals surface area contributed by atoms with Crippen LogP contribution in [0, 0.1) is 5.92 Å². The normalized spacial score (nSPS) is 13.1. The van der Waals surface area contributed by atoms with Crippen LogP contribution in [0.5, 0.6) is 5.75 Å². The van der Waals surface area contributed by atoms with E-state index >= 15 is 0 Å². The first kappa shape index (κ1) is 16.1. The fraction of sp³-hybridized carbons (Fsp3) is 0.667. The lowest BCUT2D eigenvalue weighted by Gasteiger charge is -2.32. The first-order chi connectivity index (χ1) is 8.44. The van der Waals surface area contributed by atoms with E-state index in [1.165, 1.54) is 5.56 Å². The van der Waals surface area contributed by atoms with Crippen LogP contribution in [0.1, 0.15) is 72.1 Å². The van der Waals surface area contributed by atoms with Crippen molar-refractivity contribution >= 4 is 0 Å². The molecular formula is C18H30O. The van der Waals surface area contributed by atoms with Crippen molar-refractivity contribution in [3.63, 3.8) is 0 Å². The Morgan fingerprint density at radius 3 is 1.84 bits per heavy atom. The highest BCUT2D eigenvalue weighted by atomic mass is 16.3. The number of phenolic OH excluding ortho intramolecular Hbond substituents is 1. The lowest BCUT2D eigenvalue weighted by molar-refractivity contribution is 0.425. The average molecular weight is 262 g/mol. The summed E-state index contributed by atoms with van der Waals surface area (Å²) in [6.07, 6.45) is 0.930. The minimum absolute atomic E-state index is 0.0420. The van der Waals surface area contributed by atoms with Crippen molar-refractivity contribution in [2.75, 3.05) is 0 Å². The molecule has 0 aliphatic carbocycles. The third kappa shape index (κ3) is 3.75. The average Bonchev–Trinajstić information content (AvgIpc) is 2.16. The van der Waals surface area contributed by atoms with Crippen LogP contribution < -0.4 is 0 Å². The molecule has 0 aromatic heterocycles. The van der Waals surface area contributed by atoms with Gasteiger partial charge in [0, 0.05) is 5.56 Å². The summed E-state index contributed by atoms with van der Waals surface area (Å²) in [5.74, 6) is 1.06. The fourth-order valence-electron chi connectivity index (χ4n) is 2.62. The molecule has 108 valence electrons. The van der Waals surface area contributed by atoms with Crippen LogP contribution in [0.3, 0.4) is 0 Å². The van der Waals surface area contributed by atoms with E-state index in [2.05, 4.69) is 67.5 Å². The Morgan fingerprint density at radius 2 is 1.47 bits per heavy atom. The summed E-state index contributed by atoms with van der Waals surface area (Å²) in [6.45, 7) is 17.5. The highest BCUT2D eigenvalue weighted by Crippen LogP contribution is 2.41. The number of aromatic hydroxyl groups is 1. The zero-order valence-corrected chi connectivity index (χ0v) is 13.9. The van der Waals surface area contributed by atoms with Gasteiger partial charge in [-0.15, -0.1) is 0 Å². The van der Waals surface area contributed by atoms with E-state index in [1.807, 2.05) is 0 Å². The van der Waals surface area contributed by atoms with Crippen molar-refractivity contribution in [3.8, 4) is 5.75 Å². The van der Waals surface area contributed by atoms with Crippen molar-refractivity contribution < 1.29 is 5.11 Å². The second kappa shape index (κ2) is 5.19. The van der Waals surface area contributed by atoms with Crippen molar-refractivity contribution in [1.82, 2.24) is 0 Å². The molecule has 1 aromatic rings. The van der Waals surface area contributed by atoms with E-state index < -0.39 is 0 Å². The van der Waals surface area contributed by atoms with Gasteiger partial charge in [-0.25, -0.2) is 0 Å². The van der Waals surface area contributed by atoms with E-state index in [0.29, 0.717) is 11.7 Å². The van der Waals surface area contributed by atoms with E-state index in [1.54, 1.807) is 0 Å². The Morgan fingerprint density at radius 1 is 0.947 bits per heavy atom. The molecular weight excluding hydrogens is 232 g/mol. The van der Waals surface area contributed by atoms with Crippen LogP contribution >= 0.6 is 0 Å². The highest BCUT2D eigenvalue weighted by Gasteiger charge is 2.29. The predicted molar refractivity (Wildman–Crippen MR) is 84.0 cm³/mol. The summed E-state index contributed by atoms with van der Waals surface area (Å²) in [5.41, 5.74) is 3.45. The maximum absolute atomic E-state index is 10.7. The highest BCUT2D eigenvalue weighted by molar-refractivity contribution is 5.51. The topological polar surface area (TPSA) is 20.2 Å². The van der Waals surface area contributed by atoms with Crippen molar-refractivity contribution in [3.05, 3.63) is 28.8 Å². The molecule has 1 rings (SSSR count). The van der Waals surface area contributed by atoms with E-state index in [4.69, 9.17) is 0 Å². The maximum Gasteiger partial charge on any atom is 0.122 e.